The van der Waals surface area contributed by atoms with Crippen LogP contribution >= 0.6 is 27.5 Å². The van der Waals surface area contributed by atoms with Crippen LogP contribution in [0.15, 0.2) is 22.7 Å². The molecule has 0 aromatic heterocycles. The molecule has 0 aliphatic rings. The van der Waals surface area contributed by atoms with Gasteiger partial charge in [0.25, 0.3) is 5.91 Å². The number of rotatable bonds is 3. The first-order valence-corrected chi connectivity index (χ1v) is 5.27. The van der Waals surface area contributed by atoms with Crippen molar-refractivity contribution in [2.75, 3.05) is 12.4 Å². The Hall–Kier alpha value is -0.610. The second-order valence-corrected chi connectivity index (χ2v) is 3.77. The molecular formula is C9H8BrClFNO. The van der Waals surface area contributed by atoms with Gasteiger partial charge in [0.2, 0.25) is 0 Å². The summed E-state index contributed by atoms with van der Waals surface area (Å²) in [4.78, 5) is 11.4. The number of halogens is 3. The Morgan fingerprint density at radius 3 is 2.86 bits per heavy atom. The Morgan fingerprint density at radius 1 is 1.57 bits per heavy atom. The van der Waals surface area contributed by atoms with Crippen molar-refractivity contribution < 1.29 is 9.18 Å². The van der Waals surface area contributed by atoms with E-state index < -0.39 is 11.7 Å². The topological polar surface area (TPSA) is 29.1 Å². The largest absolute Gasteiger partial charge is 0.351 e. The molecule has 0 aliphatic carbocycles. The lowest BCUT2D eigenvalue weighted by molar-refractivity contribution is 0.0951. The molecule has 1 aromatic carbocycles. The monoisotopic (exact) mass is 279 g/mol. The van der Waals surface area contributed by atoms with E-state index in [0.29, 0.717) is 16.9 Å². The average Bonchev–Trinajstić information content (AvgIpc) is 2.14. The molecule has 5 heteroatoms. The van der Waals surface area contributed by atoms with E-state index in [1.54, 1.807) is 6.07 Å². The predicted molar refractivity (Wildman–Crippen MR) is 57.2 cm³/mol. The van der Waals surface area contributed by atoms with Gasteiger partial charge in [0.05, 0.1) is 5.56 Å². The zero-order valence-corrected chi connectivity index (χ0v) is 9.53. The quantitative estimate of drug-likeness (QED) is 0.847. The van der Waals surface area contributed by atoms with E-state index in [1.807, 2.05) is 0 Å². The molecule has 0 heterocycles. The van der Waals surface area contributed by atoms with E-state index >= 15 is 0 Å². The third-order valence-electron chi connectivity index (χ3n) is 1.57. The lowest BCUT2D eigenvalue weighted by Gasteiger charge is -2.05. The summed E-state index contributed by atoms with van der Waals surface area (Å²) in [7, 11) is 0. The van der Waals surface area contributed by atoms with E-state index in [0.717, 1.165) is 0 Å². The van der Waals surface area contributed by atoms with Crippen molar-refractivity contribution in [3.63, 3.8) is 0 Å². The first-order chi connectivity index (χ1) is 6.66. The molecule has 1 N–H and O–H groups in total. The first kappa shape index (κ1) is 11.5. The second-order valence-electron chi connectivity index (χ2n) is 2.54. The number of hydrogen-bond donors (Lipinski definition) is 1. The Bertz CT molecular complexity index is 325. The molecule has 0 atom stereocenters. The number of carbonyl (C=O) groups excluding carboxylic acids is 1. The molecule has 0 saturated heterocycles. The minimum atomic E-state index is -0.550. The van der Waals surface area contributed by atoms with Crippen LogP contribution in [0, 0.1) is 5.82 Å². The van der Waals surface area contributed by atoms with Crippen LogP contribution in [0.2, 0.25) is 0 Å². The second kappa shape index (κ2) is 5.32. The predicted octanol–water partition coefficient (Wildman–Crippen LogP) is 2.56. The molecule has 0 radical (unpaired) electrons. The molecule has 0 bridgehead atoms. The summed E-state index contributed by atoms with van der Waals surface area (Å²) in [6.07, 6.45) is 0. The van der Waals surface area contributed by atoms with E-state index in [4.69, 9.17) is 11.6 Å². The Kier molecular flexibility index (Phi) is 4.35. The van der Waals surface area contributed by atoms with E-state index in [9.17, 15) is 9.18 Å². The van der Waals surface area contributed by atoms with Crippen LogP contribution in [0.25, 0.3) is 0 Å². The number of benzene rings is 1. The molecule has 1 aromatic rings. The van der Waals surface area contributed by atoms with E-state index in [2.05, 4.69) is 21.2 Å². The van der Waals surface area contributed by atoms with Crippen LogP contribution in [0.3, 0.4) is 0 Å². The molecule has 2 nitrogen and oxygen atoms in total. The van der Waals surface area contributed by atoms with Gasteiger partial charge >= 0.3 is 0 Å². The van der Waals surface area contributed by atoms with Crippen molar-refractivity contribution in [1.82, 2.24) is 5.32 Å². The minimum Gasteiger partial charge on any atom is -0.351 e. The van der Waals surface area contributed by atoms with Gasteiger partial charge in [-0.1, -0.05) is 6.07 Å². The zero-order valence-electron chi connectivity index (χ0n) is 7.19. The van der Waals surface area contributed by atoms with Gasteiger partial charge in [0.15, 0.2) is 0 Å². The standard InChI is InChI=1S/C9H8BrClFNO/c10-6-2-1-3-7(12)8(6)9(14)13-5-4-11/h1-3H,4-5H2,(H,13,14). The van der Waals surface area contributed by atoms with Gasteiger partial charge in [0, 0.05) is 16.9 Å². The van der Waals surface area contributed by atoms with Crippen LogP contribution in [-0.2, 0) is 0 Å². The summed E-state index contributed by atoms with van der Waals surface area (Å²) < 4.78 is 13.6. The van der Waals surface area contributed by atoms with E-state index in [-0.39, 0.29) is 5.56 Å². The number of nitrogens with one attached hydrogen (secondary N) is 1. The molecule has 0 fully saturated rings. The SMILES string of the molecule is O=C(NCCCl)c1c(F)cccc1Br. The molecule has 0 aliphatic heterocycles. The molecule has 76 valence electrons. The third kappa shape index (κ3) is 2.69. The summed E-state index contributed by atoms with van der Waals surface area (Å²) in [6.45, 7) is 0.321. The highest BCUT2D eigenvalue weighted by molar-refractivity contribution is 9.10. The molecule has 0 unspecified atom stereocenters. The van der Waals surface area contributed by atoms with Crippen LogP contribution < -0.4 is 5.32 Å². The van der Waals surface area contributed by atoms with Gasteiger partial charge in [0.1, 0.15) is 5.82 Å². The van der Waals surface area contributed by atoms with Gasteiger partial charge in [-0.2, -0.15) is 0 Å². The lowest BCUT2D eigenvalue weighted by Crippen LogP contribution is -2.26. The zero-order chi connectivity index (χ0) is 10.6. The van der Waals surface area contributed by atoms with Crippen molar-refractivity contribution in [3.8, 4) is 0 Å². The third-order valence-corrected chi connectivity index (χ3v) is 2.42. The van der Waals surface area contributed by atoms with Crippen molar-refractivity contribution in [1.29, 1.82) is 0 Å². The molecule has 0 spiro atoms. The van der Waals surface area contributed by atoms with Crippen molar-refractivity contribution in [2.45, 2.75) is 0 Å². The summed E-state index contributed by atoms with van der Waals surface area (Å²) in [6, 6.07) is 4.37. The molecule has 1 rings (SSSR count). The van der Waals surface area contributed by atoms with E-state index in [1.165, 1.54) is 12.1 Å². The number of carbonyl (C=O) groups is 1. The fourth-order valence-corrected chi connectivity index (χ4v) is 1.58. The maximum Gasteiger partial charge on any atom is 0.255 e. The fraction of sp³-hybridized carbons (Fsp3) is 0.222. The van der Waals surface area contributed by atoms with Crippen LogP contribution in [0.1, 0.15) is 10.4 Å². The number of amides is 1. The van der Waals surface area contributed by atoms with Crippen LogP contribution in [-0.4, -0.2) is 18.3 Å². The van der Waals surface area contributed by atoms with Gasteiger partial charge in [-0.3, -0.25) is 4.79 Å². The Balaban J connectivity index is 2.89. The maximum atomic E-state index is 13.2. The van der Waals surface area contributed by atoms with Crippen LogP contribution in [0.4, 0.5) is 4.39 Å². The minimum absolute atomic E-state index is 0.0117. The lowest BCUT2D eigenvalue weighted by atomic mass is 10.2. The maximum absolute atomic E-state index is 13.2. The summed E-state index contributed by atoms with van der Waals surface area (Å²) in [5.41, 5.74) is 0.0117. The molecule has 14 heavy (non-hydrogen) atoms. The highest BCUT2D eigenvalue weighted by Gasteiger charge is 2.14. The van der Waals surface area contributed by atoms with Crippen molar-refractivity contribution >= 4 is 33.4 Å². The molecular weight excluding hydrogens is 272 g/mol. The van der Waals surface area contributed by atoms with Gasteiger partial charge in [-0.25, -0.2) is 4.39 Å². The highest BCUT2D eigenvalue weighted by atomic mass is 79.9. The molecule has 0 saturated carbocycles. The molecule has 1 amide bonds. The smallest absolute Gasteiger partial charge is 0.255 e. The Labute approximate surface area is 94.6 Å². The Morgan fingerprint density at radius 2 is 2.29 bits per heavy atom. The highest BCUT2D eigenvalue weighted by Crippen LogP contribution is 2.19. The van der Waals surface area contributed by atoms with Gasteiger partial charge in [-0.15, -0.1) is 11.6 Å². The summed E-state index contributed by atoms with van der Waals surface area (Å²) >= 11 is 8.50. The van der Waals surface area contributed by atoms with Crippen LogP contribution in [0.5, 0.6) is 0 Å². The van der Waals surface area contributed by atoms with Crippen molar-refractivity contribution in [2.24, 2.45) is 0 Å². The van der Waals surface area contributed by atoms with Gasteiger partial charge in [-0.05, 0) is 28.1 Å². The fourth-order valence-electron chi connectivity index (χ4n) is 0.964. The summed E-state index contributed by atoms with van der Waals surface area (Å²) in [5, 5.41) is 2.49. The van der Waals surface area contributed by atoms with Crippen molar-refractivity contribution in [3.05, 3.63) is 34.1 Å². The normalized spacial score (nSPS) is 9.93. The summed E-state index contributed by atoms with van der Waals surface area (Å²) in [5.74, 6) is -0.709. The number of hydrogen-bond acceptors (Lipinski definition) is 1. The first-order valence-electron chi connectivity index (χ1n) is 3.95. The average molecular weight is 281 g/mol. The number of alkyl halides is 1. The van der Waals surface area contributed by atoms with Gasteiger partial charge < -0.3 is 5.32 Å².